The molecule has 0 radical (unpaired) electrons. The molecule has 0 fully saturated rings. The first kappa shape index (κ1) is 20.0. The van der Waals surface area contributed by atoms with Crippen molar-refractivity contribution < 1.29 is 9.21 Å². The van der Waals surface area contributed by atoms with Gasteiger partial charge in [-0.3, -0.25) is 4.79 Å². The maximum atomic E-state index is 11.9. The summed E-state index contributed by atoms with van der Waals surface area (Å²) in [5.74, 6) is 0.954. The van der Waals surface area contributed by atoms with Crippen molar-refractivity contribution in [1.29, 1.82) is 0 Å². The molecule has 0 bridgehead atoms. The van der Waals surface area contributed by atoms with Gasteiger partial charge in [-0.05, 0) is 40.2 Å². The lowest BCUT2D eigenvalue weighted by Crippen LogP contribution is -2.38. The van der Waals surface area contributed by atoms with E-state index in [2.05, 4.69) is 32.9 Å². The Hall–Kier alpha value is -2.35. The van der Waals surface area contributed by atoms with Crippen molar-refractivity contribution in [2.24, 2.45) is 4.99 Å². The molecule has 0 aromatic carbocycles. The molecule has 2 aromatic heterocycles. The minimum absolute atomic E-state index is 0.178. The van der Waals surface area contributed by atoms with Crippen molar-refractivity contribution in [3.63, 3.8) is 0 Å². The summed E-state index contributed by atoms with van der Waals surface area (Å²) < 4.78 is 5.18. The van der Waals surface area contributed by atoms with Gasteiger partial charge in [0.25, 0.3) is 5.91 Å². The lowest BCUT2D eigenvalue weighted by Gasteiger charge is -2.11. The Labute approximate surface area is 158 Å². The first-order valence-corrected chi connectivity index (χ1v) is 9.60. The van der Waals surface area contributed by atoms with Gasteiger partial charge in [0.05, 0.1) is 18.5 Å². The van der Waals surface area contributed by atoms with Gasteiger partial charge in [0.2, 0.25) is 0 Å². The topological polar surface area (TPSA) is 91.5 Å². The molecule has 2 aromatic rings. The Morgan fingerprint density at radius 3 is 2.62 bits per heavy atom. The number of furan rings is 1. The Bertz CT molecular complexity index is 731. The Kier molecular flexibility index (Phi) is 7.65. The largest absolute Gasteiger partial charge is 0.459 e. The first-order valence-electron chi connectivity index (χ1n) is 8.78. The average Bonchev–Trinajstić information content (AvgIpc) is 3.17. The van der Waals surface area contributed by atoms with Crippen molar-refractivity contribution in [3.05, 3.63) is 39.2 Å². The van der Waals surface area contributed by atoms with Crippen LogP contribution in [-0.4, -0.2) is 36.5 Å². The van der Waals surface area contributed by atoms with E-state index in [0.717, 1.165) is 35.2 Å². The van der Waals surface area contributed by atoms with Gasteiger partial charge in [-0.1, -0.05) is 0 Å². The second-order valence-corrected chi connectivity index (χ2v) is 7.20. The minimum Gasteiger partial charge on any atom is -0.459 e. The van der Waals surface area contributed by atoms with Crippen LogP contribution in [0.25, 0.3) is 0 Å². The van der Waals surface area contributed by atoms with Crippen LogP contribution in [0.2, 0.25) is 0 Å². The van der Waals surface area contributed by atoms with Crippen molar-refractivity contribution in [3.8, 4) is 0 Å². The Morgan fingerprint density at radius 2 is 2.00 bits per heavy atom. The highest BCUT2D eigenvalue weighted by molar-refractivity contribution is 7.11. The lowest BCUT2D eigenvalue weighted by molar-refractivity contribution is 0.0925. The van der Waals surface area contributed by atoms with Crippen LogP contribution in [0.4, 0.5) is 0 Å². The molecule has 7 nitrogen and oxygen atoms in total. The molecule has 26 heavy (non-hydrogen) atoms. The van der Waals surface area contributed by atoms with E-state index in [9.17, 15) is 4.79 Å². The number of nitrogens with zero attached hydrogens (tertiary/aromatic N) is 2. The van der Waals surface area contributed by atoms with E-state index in [1.807, 2.05) is 20.8 Å². The fraction of sp³-hybridized carbons (Fsp3) is 0.500. The van der Waals surface area contributed by atoms with Gasteiger partial charge in [-0.15, -0.1) is 11.3 Å². The van der Waals surface area contributed by atoms with Gasteiger partial charge < -0.3 is 20.4 Å². The minimum atomic E-state index is -0.178. The standard InChI is InChI=1S/C18H27N5O2S/c1-5-19-18(22-11-15-23-13(3)14(4)26-15)21-9-6-8-20-17(24)16-12(2)7-10-25-16/h7,10H,5-6,8-9,11H2,1-4H3,(H,20,24)(H2,19,21,22). The molecule has 2 heterocycles. The van der Waals surface area contributed by atoms with Crippen LogP contribution >= 0.6 is 11.3 Å². The van der Waals surface area contributed by atoms with Crippen molar-refractivity contribution >= 4 is 23.2 Å². The molecule has 0 aliphatic carbocycles. The van der Waals surface area contributed by atoms with E-state index >= 15 is 0 Å². The molecule has 0 unspecified atom stereocenters. The molecule has 1 amide bonds. The highest BCUT2D eigenvalue weighted by Crippen LogP contribution is 2.16. The number of rotatable bonds is 8. The molecular formula is C18H27N5O2S. The summed E-state index contributed by atoms with van der Waals surface area (Å²) in [6, 6.07) is 1.78. The van der Waals surface area contributed by atoms with Crippen molar-refractivity contribution in [2.45, 2.75) is 40.7 Å². The predicted octanol–water partition coefficient (Wildman–Crippen LogP) is 2.54. The highest BCUT2D eigenvalue weighted by Gasteiger charge is 2.11. The average molecular weight is 378 g/mol. The van der Waals surface area contributed by atoms with Gasteiger partial charge in [-0.25, -0.2) is 9.98 Å². The maximum Gasteiger partial charge on any atom is 0.287 e. The number of guanidine groups is 1. The summed E-state index contributed by atoms with van der Waals surface area (Å²) >= 11 is 1.68. The van der Waals surface area contributed by atoms with Gasteiger partial charge >= 0.3 is 0 Å². The fourth-order valence-electron chi connectivity index (χ4n) is 2.28. The number of nitrogens with one attached hydrogen (secondary N) is 3. The first-order chi connectivity index (χ1) is 12.5. The fourth-order valence-corrected chi connectivity index (χ4v) is 3.14. The number of aryl methyl sites for hydroxylation is 3. The van der Waals surface area contributed by atoms with Crippen LogP contribution < -0.4 is 16.0 Å². The van der Waals surface area contributed by atoms with Crippen LogP contribution in [0.15, 0.2) is 21.7 Å². The van der Waals surface area contributed by atoms with Crippen molar-refractivity contribution in [2.75, 3.05) is 19.6 Å². The van der Waals surface area contributed by atoms with Gasteiger partial charge in [0.1, 0.15) is 5.01 Å². The van der Waals surface area contributed by atoms with E-state index in [1.54, 1.807) is 17.4 Å². The number of amides is 1. The SMILES string of the molecule is CCNC(=NCc1nc(C)c(C)s1)NCCCNC(=O)c1occc1C. The van der Waals surface area contributed by atoms with Gasteiger partial charge in [0, 0.05) is 30.1 Å². The number of carbonyl (C=O) groups excluding carboxylic acids is 1. The quantitative estimate of drug-likeness (QED) is 0.374. The second-order valence-electron chi connectivity index (χ2n) is 5.91. The number of thiazole rings is 1. The molecule has 0 saturated heterocycles. The van der Waals surface area contributed by atoms with Crippen LogP contribution in [0.1, 0.15) is 45.0 Å². The summed E-state index contributed by atoms with van der Waals surface area (Å²) in [5.41, 5.74) is 1.91. The number of aliphatic imine (C=N–C) groups is 1. The normalized spacial score (nSPS) is 11.5. The molecule has 0 aliphatic rings. The number of hydrogen-bond donors (Lipinski definition) is 3. The van der Waals surface area contributed by atoms with E-state index in [1.165, 1.54) is 11.1 Å². The molecule has 0 saturated carbocycles. The van der Waals surface area contributed by atoms with Crippen LogP contribution in [0.3, 0.4) is 0 Å². The summed E-state index contributed by atoms with van der Waals surface area (Å²) in [6.45, 7) is 10.6. The summed E-state index contributed by atoms with van der Waals surface area (Å²) in [7, 11) is 0. The molecule has 8 heteroatoms. The summed E-state index contributed by atoms with van der Waals surface area (Å²) in [6.07, 6.45) is 2.31. The lowest BCUT2D eigenvalue weighted by atomic mass is 10.2. The van der Waals surface area contributed by atoms with E-state index in [-0.39, 0.29) is 5.91 Å². The predicted molar refractivity (Wildman–Crippen MR) is 105 cm³/mol. The second kappa shape index (κ2) is 9.96. The zero-order valence-electron chi connectivity index (χ0n) is 15.8. The zero-order valence-corrected chi connectivity index (χ0v) is 16.6. The third kappa shape index (κ3) is 5.87. The van der Waals surface area contributed by atoms with E-state index in [4.69, 9.17) is 4.42 Å². The molecule has 0 spiro atoms. The van der Waals surface area contributed by atoms with Crippen LogP contribution in [-0.2, 0) is 6.54 Å². The van der Waals surface area contributed by atoms with Gasteiger partial charge in [0.15, 0.2) is 11.7 Å². The van der Waals surface area contributed by atoms with Crippen LogP contribution in [0, 0.1) is 20.8 Å². The van der Waals surface area contributed by atoms with Crippen LogP contribution in [0.5, 0.6) is 0 Å². The number of aromatic nitrogens is 1. The third-order valence-electron chi connectivity index (χ3n) is 3.79. The molecular weight excluding hydrogens is 350 g/mol. The maximum absolute atomic E-state index is 11.9. The molecule has 2 rings (SSSR count). The van der Waals surface area contributed by atoms with E-state index in [0.29, 0.717) is 25.4 Å². The Morgan fingerprint density at radius 1 is 1.23 bits per heavy atom. The summed E-state index contributed by atoms with van der Waals surface area (Å²) in [5, 5.41) is 10.4. The molecule has 0 atom stereocenters. The monoisotopic (exact) mass is 377 g/mol. The molecule has 0 aliphatic heterocycles. The molecule has 142 valence electrons. The smallest absolute Gasteiger partial charge is 0.287 e. The van der Waals surface area contributed by atoms with Gasteiger partial charge in [-0.2, -0.15) is 0 Å². The molecule has 3 N–H and O–H groups in total. The summed E-state index contributed by atoms with van der Waals surface area (Å²) in [4.78, 5) is 22.2. The number of hydrogen-bond acceptors (Lipinski definition) is 5. The highest BCUT2D eigenvalue weighted by atomic mass is 32.1. The number of carbonyl (C=O) groups is 1. The Balaban J connectivity index is 1.73. The van der Waals surface area contributed by atoms with Crippen molar-refractivity contribution in [1.82, 2.24) is 20.9 Å². The zero-order chi connectivity index (χ0) is 18.9. The van der Waals surface area contributed by atoms with E-state index < -0.39 is 0 Å². The third-order valence-corrected chi connectivity index (χ3v) is 4.85.